The number of aliphatic carboxylic acids is 1. The molecule has 0 saturated carbocycles. The van der Waals surface area contributed by atoms with Crippen molar-refractivity contribution in [2.24, 2.45) is 5.92 Å². The van der Waals surface area contributed by atoms with Gasteiger partial charge in [-0.25, -0.2) is 0 Å². The smallest absolute Gasteiger partial charge is 0.303 e. The molecule has 6 nitrogen and oxygen atoms in total. The number of carboxylic acid groups (broad SMARTS) is 1. The van der Waals surface area contributed by atoms with Crippen LogP contribution in [0.3, 0.4) is 0 Å². The van der Waals surface area contributed by atoms with Crippen LogP contribution >= 0.6 is 0 Å². The third-order valence-corrected chi connectivity index (χ3v) is 4.72. The third kappa shape index (κ3) is 10.3. The van der Waals surface area contributed by atoms with Gasteiger partial charge in [-0.15, -0.1) is 0 Å². The summed E-state index contributed by atoms with van der Waals surface area (Å²) in [5, 5.41) is 11.0. The second-order valence-corrected chi connectivity index (χ2v) is 7.17. The van der Waals surface area contributed by atoms with Gasteiger partial charge in [0.1, 0.15) is 11.5 Å². The maximum Gasteiger partial charge on any atom is 0.303 e. The van der Waals surface area contributed by atoms with Gasteiger partial charge in [-0.1, -0.05) is 43.8 Å². The van der Waals surface area contributed by atoms with E-state index in [0.717, 1.165) is 29.7 Å². The van der Waals surface area contributed by atoms with Gasteiger partial charge in [-0.2, -0.15) is 0 Å². The molecule has 2 N–H and O–H groups in total. The number of carboxylic acids is 1. The summed E-state index contributed by atoms with van der Waals surface area (Å²) in [5.41, 5.74) is 3.29. The molecule has 0 radical (unpaired) electrons. The van der Waals surface area contributed by atoms with Crippen molar-refractivity contribution in [1.29, 1.82) is 0 Å². The van der Waals surface area contributed by atoms with Crippen molar-refractivity contribution in [3.8, 4) is 11.3 Å². The van der Waals surface area contributed by atoms with Crippen LogP contribution in [-0.2, 0) is 20.7 Å². The first kappa shape index (κ1) is 25.8. The van der Waals surface area contributed by atoms with Gasteiger partial charge in [-0.3, -0.25) is 9.59 Å². The van der Waals surface area contributed by atoms with E-state index in [4.69, 9.17) is 19.1 Å². The fourth-order valence-electron chi connectivity index (χ4n) is 2.80. The molecule has 1 unspecified atom stereocenters. The highest BCUT2D eigenvalue weighted by Crippen LogP contribution is 2.23. The Balaban J connectivity index is 0.00000110. The number of nitrogens with one attached hydrogen (secondary N) is 1. The van der Waals surface area contributed by atoms with E-state index in [1.807, 2.05) is 32.1 Å². The number of rotatable bonds is 12. The average Bonchev–Trinajstić information content (AvgIpc) is 3.31. The first-order chi connectivity index (χ1) is 14.9. The Kier molecular flexibility index (Phi) is 12.2. The van der Waals surface area contributed by atoms with Crippen molar-refractivity contribution in [3.05, 3.63) is 72.2 Å². The molecule has 0 aliphatic carbocycles. The first-order valence-electron chi connectivity index (χ1n) is 10.3. The fourth-order valence-corrected chi connectivity index (χ4v) is 2.80. The minimum atomic E-state index is -0.749. The Labute approximate surface area is 184 Å². The van der Waals surface area contributed by atoms with E-state index in [-0.39, 0.29) is 6.42 Å². The zero-order chi connectivity index (χ0) is 23.1. The molecule has 6 heteroatoms. The van der Waals surface area contributed by atoms with Gasteiger partial charge in [0, 0.05) is 25.5 Å². The molecule has 2 rings (SSSR count). The SMILES string of the molecule is C=C(OCCC(C)CCC(=O)O)/C(=C\C)Cc1ccc(-c2ccco2)cc1.CNC=O. The number of hydrogen-bond donors (Lipinski definition) is 2. The molecule has 0 aliphatic heterocycles. The van der Waals surface area contributed by atoms with Crippen LogP contribution in [-0.4, -0.2) is 31.1 Å². The molecular weight excluding hydrogens is 394 g/mol. The number of allylic oxidation sites excluding steroid dienone is 2. The van der Waals surface area contributed by atoms with E-state index in [2.05, 4.69) is 36.2 Å². The number of hydrogen-bond acceptors (Lipinski definition) is 4. The van der Waals surface area contributed by atoms with Gasteiger partial charge in [0.25, 0.3) is 0 Å². The predicted octanol–water partition coefficient (Wildman–Crippen LogP) is 5.22. The summed E-state index contributed by atoms with van der Waals surface area (Å²) in [6.45, 7) is 8.63. The van der Waals surface area contributed by atoms with E-state index in [1.54, 1.807) is 13.3 Å². The van der Waals surface area contributed by atoms with Crippen LogP contribution in [0.5, 0.6) is 0 Å². The Morgan fingerprint density at radius 3 is 2.45 bits per heavy atom. The van der Waals surface area contributed by atoms with Crippen LogP contribution in [0.2, 0.25) is 0 Å². The van der Waals surface area contributed by atoms with Gasteiger partial charge in [0.2, 0.25) is 6.41 Å². The molecule has 1 amide bonds. The molecule has 1 atom stereocenters. The quantitative estimate of drug-likeness (QED) is 0.275. The molecule has 0 saturated heterocycles. The van der Waals surface area contributed by atoms with Crippen molar-refractivity contribution in [3.63, 3.8) is 0 Å². The normalized spacial score (nSPS) is 11.6. The molecule has 0 aliphatic rings. The van der Waals surface area contributed by atoms with Crippen LogP contribution in [0.4, 0.5) is 0 Å². The van der Waals surface area contributed by atoms with Crippen LogP contribution < -0.4 is 5.32 Å². The van der Waals surface area contributed by atoms with Crippen molar-refractivity contribution < 1.29 is 23.8 Å². The van der Waals surface area contributed by atoms with Gasteiger partial charge in [0.05, 0.1) is 12.9 Å². The standard InChI is InChI=1S/C23H28O4.C2H5NO/c1-4-20(18(3)26-15-13-17(2)7-12-23(24)25)16-19-8-10-21(11-9-19)22-6-5-14-27-22;1-3-2-4/h4-6,8-11,14,17H,3,7,12-13,15-16H2,1-2H3,(H,24,25);2H,1H3,(H,3,4)/b20-4-;. The molecule has 31 heavy (non-hydrogen) atoms. The monoisotopic (exact) mass is 427 g/mol. The van der Waals surface area contributed by atoms with E-state index in [0.29, 0.717) is 31.1 Å². The van der Waals surface area contributed by atoms with Crippen LogP contribution in [0.25, 0.3) is 11.3 Å². The lowest BCUT2D eigenvalue weighted by atomic mass is 10.0. The second kappa shape index (κ2) is 14.7. The highest BCUT2D eigenvalue weighted by Gasteiger charge is 2.09. The minimum absolute atomic E-state index is 0.205. The summed E-state index contributed by atoms with van der Waals surface area (Å²) in [4.78, 5) is 19.7. The number of furan rings is 1. The maximum absolute atomic E-state index is 10.6. The zero-order valence-corrected chi connectivity index (χ0v) is 18.6. The van der Waals surface area contributed by atoms with Gasteiger partial charge in [-0.05, 0) is 49.0 Å². The molecular formula is C25H33NO5. The summed E-state index contributed by atoms with van der Waals surface area (Å²) in [6, 6.07) is 12.1. The van der Waals surface area contributed by atoms with Crippen LogP contribution in [0.15, 0.2) is 71.1 Å². The maximum atomic E-state index is 10.6. The molecule has 1 aromatic carbocycles. The Morgan fingerprint density at radius 1 is 1.26 bits per heavy atom. The summed E-state index contributed by atoms with van der Waals surface area (Å²) in [7, 11) is 1.56. The van der Waals surface area contributed by atoms with E-state index < -0.39 is 5.97 Å². The Hall–Kier alpha value is -3.28. The average molecular weight is 428 g/mol. The van der Waals surface area contributed by atoms with Crippen molar-refractivity contribution in [2.45, 2.75) is 39.5 Å². The lowest BCUT2D eigenvalue weighted by Crippen LogP contribution is -2.06. The molecule has 1 aromatic heterocycles. The second-order valence-electron chi connectivity index (χ2n) is 7.17. The summed E-state index contributed by atoms with van der Waals surface area (Å²) < 4.78 is 11.2. The lowest BCUT2D eigenvalue weighted by Gasteiger charge is -2.15. The highest BCUT2D eigenvalue weighted by molar-refractivity contribution is 5.66. The van der Waals surface area contributed by atoms with E-state index >= 15 is 0 Å². The number of ether oxygens (including phenoxy) is 1. The van der Waals surface area contributed by atoms with E-state index in [9.17, 15) is 4.79 Å². The van der Waals surface area contributed by atoms with Crippen LogP contribution in [0, 0.1) is 5.92 Å². The topological polar surface area (TPSA) is 88.8 Å². The molecule has 2 aromatic rings. The fraction of sp³-hybridized carbons (Fsp3) is 0.360. The van der Waals surface area contributed by atoms with Crippen LogP contribution in [0.1, 0.15) is 38.7 Å². The molecule has 1 heterocycles. The van der Waals surface area contributed by atoms with Crippen molar-refractivity contribution in [1.82, 2.24) is 5.32 Å². The largest absolute Gasteiger partial charge is 0.494 e. The zero-order valence-electron chi connectivity index (χ0n) is 18.6. The number of carbonyl (C=O) groups excluding carboxylic acids is 1. The number of carbonyl (C=O) groups is 2. The Bertz CT molecular complexity index is 822. The van der Waals surface area contributed by atoms with Gasteiger partial charge < -0.3 is 19.6 Å². The minimum Gasteiger partial charge on any atom is -0.494 e. The Morgan fingerprint density at radius 2 is 1.94 bits per heavy atom. The first-order valence-corrected chi connectivity index (χ1v) is 10.3. The number of benzene rings is 1. The number of amides is 1. The molecule has 0 bridgehead atoms. The van der Waals surface area contributed by atoms with E-state index in [1.165, 1.54) is 5.56 Å². The highest BCUT2D eigenvalue weighted by atomic mass is 16.5. The van der Waals surface area contributed by atoms with Crippen molar-refractivity contribution >= 4 is 12.4 Å². The molecule has 0 fully saturated rings. The molecule has 0 spiro atoms. The third-order valence-electron chi connectivity index (χ3n) is 4.72. The van der Waals surface area contributed by atoms with Crippen molar-refractivity contribution in [2.75, 3.05) is 13.7 Å². The lowest BCUT2D eigenvalue weighted by molar-refractivity contribution is -0.137. The molecule has 168 valence electrons. The van der Waals surface area contributed by atoms with Gasteiger partial charge >= 0.3 is 5.97 Å². The predicted molar refractivity (Wildman–Crippen MR) is 122 cm³/mol. The summed E-state index contributed by atoms with van der Waals surface area (Å²) >= 11 is 0. The summed E-state index contributed by atoms with van der Waals surface area (Å²) in [6.07, 6.45) is 6.77. The summed E-state index contributed by atoms with van der Waals surface area (Å²) in [5.74, 6) is 1.11. The van der Waals surface area contributed by atoms with Gasteiger partial charge in [0.15, 0.2) is 0 Å².